The van der Waals surface area contributed by atoms with Crippen LogP contribution < -0.4 is 0 Å². The van der Waals surface area contributed by atoms with Crippen molar-refractivity contribution in [2.75, 3.05) is 5.08 Å². The zero-order valence-electron chi connectivity index (χ0n) is 40.2. The number of hydrogen-bond acceptors (Lipinski definition) is 12. The Morgan fingerprint density at radius 3 is 1.49 bits per heavy atom. The van der Waals surface area contributed by atoms with Gasteiger partial charge in [0.25, 0.3) is 0 Å². The van der Waals surface area contributed by atoms with Gasteiger partial charge < -0.3 is 38.3 Å². The van der Waals surface area contributed by atoms with Crippen molar-refractivity contribution in [3.05, 3.63) is 261 Å². The van der Waals surface area contributed by atoms with Crippen LogP contribution in [0.15, 0.2) is 228 Å². The third-order valence-corrected chi connectivity index (χ3v) is 14.9. The number of aliphatic hydroxyl groups is 1. The highest BCUT2D eigenvalue weighted by Crippen LogP contribution is 2.35. The van der Waals surface area contributed by atoms with E-state index in [1.807, 2.05) is 182 Å². The van der Waals surface area contributed by atoms with Crippen LogP contribution in [0.5, 0.6) is 0 Å². The first-order valence-corrected chi connectivity index (χ1v) is 27.0. The fourth-order valence-corrected chi connectivity index (χ4v) is 10.8. The van der Waals surface area contributed by atoms with Crippen molar-refractivity contribution in [3.63, 3.8) is 0 Å². The third kappa shape index (κ3) is 16.9. The number of allylic oxidation sites excluding steroid dienone is 1. The maximum absolute atomic E-state index is 14.2. The van der Waals surface area contributed by atoms with Gasteiger partial charge in [-0.15, -0.1) is 0 Å². The normalized spacial score (nSPS) is 17.3. The molecule has 0 bridgehead atoms. The van der Waals surface area contributed by atoms with Crippen molar-refractivity contribution in [3.8, 4) is 0 Å². The van der Waals surface area contributed by atoms with Gasteiger partial charge in [-0.05, 0) is 59.4 Å². The van der Waals surface area contributed by atoms with E-state index in [0.717, 1.165) is 44.2 Å². The molecule has 5 unspecified atom stereocenters. The minimum absolute atomic E-state index is 0.00268. The highest BCUT2D eigenvalue weighted by Gasteiger charge is 2.39. The minimum Gasteiger partial charge on any atom is -0.489 e. The summed E-state index contributed by atoms with van der Waals surface area (Å²) in [7, 11) is -9.20. The molecule has 7 rings (SSSR count). The molecule has 0 spiro atoms. The Balaban J connectivity index is 1.21. The molecular weight excluding hydrogens is 953 g/mol. The molecule has 14 heteroatoms. The molecular formula is C58H60O12S2. The second-order valence-electron chi connectivity index (χ2n) is 17.1. The molecule has 5 atom stereocenters. The molecule has 0 saturated carbocycles. The molecule has 1 N–H and O–H groups in total. The number of rotatable bonds is 26. The fraction of sp³-hybridized carbons (Fsp3) is 0.241. The average molecular weight is 1010 g/mol. The standard InChI is InChI=1S/C58H60O12S2/c1-44(59)55(66-38-48-25-13-5-14-26-48)53(65-37-47-23-11-4-12-24-47)35-52(64-36-46-21-9-3-10-22-46)33-34-71(60,61)43-72(62,63)42-54-57(68-40-50-29-17-7-18-30-50)58(69-41-51-31-19-8-20-32-51)56(45(2)70-54)67-39-49-27-15-6-16-28-49/h3-35,42,44-45,53,55-56,59H,36-41,43H2,1-2H3/b34-33+,52-35?,54-42+. The first-order valence-electron chi connectivity index (χ1n) is 23.5. The topological polar surface area (TPSA) is 153 Å². The van der Waals surface area contributed by atoms with Crippen LogP contribution in [0.25, 0.3) is 0 Å². The molecule has 0 saturated heterocycles. The van der Waals surface area contributed by atoms with E-state index in [9.17, 15) is 21.9 Å². The number of ether oxygens (including phenoxy) is 7. The van der Waals surface area contributed by atoms with Gasteiger partial charge in [-0.3, -0.25) is 0 Å². The Bertz CT molecular complexity index is 2930. The lowest BCUT2D eigenvalue weighted by atomic mass is 10.1. The summed E-state index contributed by atoms with van der Waals surface area (Å²) in [5.74, 6) is -0.0852. The Morgan fingerprint density at radius 1 is 0.569 bits per heavy atom. The summed E-state index contributed by atoms with van der Waals surface area (Å²) in [4.78, 5) is 0. The van der Waals surface area contributed by atoms with E-state index >= 15 is 0 Å². The van der Waals surface area contributed by atoms with Gasteiger partial charge in [0, 0.05) is 5.41 Å². The van der Waals surface area contributed by atoms with Crippen molar-refractivity contribution < 1.29 is 55.1 Å². The van der Waals surface area contributed by atoms with Crippen LogP contribution in [0.4, 0.5) is 0 Å². The molecule has 6 aromatic carbocycles. The molecule has 0 aliphatic carbocycles. The number of benzene rings is 6. The van der Waals surface area contributed by atoms with Crippen molar-refractivity contribution >= 4 is 19.7 Å². The minimum atomic E-state index is -4.64. The molecule has 1 heterocycles. The molecule has 0 radical (unpaired) electrons. The van der Waals surface area contributed by atoms with Crippen LogP contribution in [0.1, 0.15) is 47.2 Å². The predicted molar refractivity (Wildman–Crippen MR) is 276 cm³/mol. The molecule has 0 aromatic heterocycles. The maximum atomic E-state index is 14.2. The van der Waals surface area contributed by atoms with Gasteiger partial charge in [0.1, 0.15) is 43.9 Å². The molecule has 1 aliphatic heterocycles. The van der Waals surface area contributed by atoms with E-state index in [-0.39, 0.29) is 62.7 Å². The van der Waals surface area contributed by atoms with E-state index in [1.54, 1.807) is 13.8 Å². The smallest absolute Gasteiger partial charge is 0.203 e. The van der Waals surface area contributed by atoms with Gasteiger partial charge in [-0.25, -0.2) is 16.8 Å². The summed E-state index contributed by atoms with van der Waals surface area (Å²) < 4.78 is 101. The summed E-state index contributed by atoms with van der Waals surface area (Å²) in [5, 5.41) is 11.3. The first-order chi connectivity index (χ1) is 34.9. The average Bonchev–Trinajstić information content (AvgIpc) is 3.38. The molecule has 1 aliphatic rings. The zero-order valence-corrected chi connectivity index (χ0v) is 41.9. The quantitative estimate of drug-likeness (QED) is 0.0406. The number of sulfone groups is 2. The highest BCUT2D eigenvalue weighted by molar-refractivity contribution is 8.10. The van der Waals surface area contributed by atoms with Crippen LogP contribution in [0.3, 0.4) is 0 Å². The molecule has 376 valence electrons. The molecule has 0 amide bonds. The van der Waals surface area contributed by atoms with E-state index in [0.29, 0.717) is 0 Å². The molecule has 72 heavy (non-hydrogen) atoms. The Morgan fingerprint density at radius 2 is 1.00 bits per heavy atom. The van der Waals surface area contributed by atoms with Crippen LogP contribution >= 0.6 is 0 Å². The Kier molecular flexibility index (Phi) is 19.6. The monoisotopic (exact) mass is 1010 g/mol. The van der Waals surface area contributed by atoms with E-state index in [1.165, 1.54) is 12.2 Å². The maximum Gasteiger partial charge on any atom is 0.203 e. The summed E-state index contributed by atoms with van der Waals surface area (Å²) in [6.45, 7) is 3.84. The first kappa shape index (κ1) is 53.0. The van der Waals surface area contributed by atoms with Crippen molar-refractivity contribution in [1.82, 2.24) is 0 Å². The van der Waals surface area contributed by atoms with Gasteiger partial charge in [-0.2, -0.15) is 0 Å². The Hall–Kier alpha value is -6.78. The zero-order chi connectivity index (χ0) is 50.6. The molecule has 0 fully saturated rings. The summed E-state index contributed by atoms with van der Waals surface area (Å²) in [5.41, 5.74) is 4.98. The summed E-state index contributed by atoms with van der Waals surface area (Å²) >= 11 is 0. The van der Waals surface area contributed by atoms with Crippen molar-refractivity contribution in [1.29, 1.82) is 0 Å². The fourth-order valence-electron chi connectivity index (χ4n) is 7.56. The van der Waals surface area contributed by atoms with Crippen molar-refractivity contribution in [2.24, 2.45) is 0 Å². The van der Waals surface area contributed by atoms with E-state index < -0.39 is 55.3 Å². The lowest BCUT2D eigenvalue weighted by Gasteiger charge is -2.34. The predicted octanol–water partition coefficient (Wildman–Crippen LogP) is 10.4. The van der Waals surface area contributed by atoms with E-state index in [2.05, 4.69) is 0 Å². The van der Waals surface area contributed by atoms with Gasteiger partial charge in [-0.1, -0.05) is 182 Å². The second kappa shape index (κ2) is 26.6. The molecule has 12 nitrogen and oxygen atoms in total. The van der Waals surface area contributed by atoms with Gasteiger partial charge >= 0.3 is 0 Å². The van der Waals surface area contributed by atoms with E-state index in [4.69, 9.17) is 33.2 Å². The van der Waals surface area contributed by atoms with Crippen LogP contribution in [-0.2, 0) is 92.5 Å². The van der Waals surface area contributed by atoms with Crippen molar-refractivity contribution in [2.45, 2.75) is 84.0 Å². The SMILES string of the molecule is CC(O)C(OCc1ccccc1)C(C=C(/C=C/S(=O)(=O)CS(=O)(=O)/C=C1/OC(C)C(OCc2ccccc2)C(OCc2ccccc2)=C1OCc1ccccc1)OCc1ccccc1)OCc1ccccc1. The van der Waals surface area contributed by atoms with Gasteiger partial charge in [0.2, 0.25) is 5.76 Å². The molecule has 6 aromatic rings. The highest BCUT2D eigenvalue weighted by atomic mass is 32.3. The van der Waals surface area contributed by atoms with Crippen LogP contribution in [-0.4, -0.2) is 57.5 Å². The lowest BCUT2D eigenvalue weighted by Crippen LogP contribution is -2.39. The lowest BCUT2D eigenvalue weighted by molar-refractivity contribution is -0.112. The van der Waals surface area contributed by atoms with Gasteiger partial charge in [0.05, 0.1) is 31.3 Å². The van der Waals surface area contributed by atoms with Crippen LogP contribution in [0.2, 0.25) is 0 Å². The Labute approximate surface area is 423 Å². The largest absolute Gasteiger partial charge is 0.489 e. The summed E-state index contributed by atoms with van der Waals surface area (Å²) in [6.07, 6.45) is -1.94. The summed E-state index contributed by atoms with van der Waals surface area (Å²) in [6, 6.07) is 56.3. The number of aliphatic hydroxyl groups excluding tert-OH is 1. The van der Waals surface area contributed by atoms with Gasteiger partial charge in [0.15, 0.2) is 42.4 Å². The third-order valence-electron chi connectivity index (χ3n) is 11.2. The second-order valence-corrected chi connectivity index (χ2v) is 21.2. The van der Waals surface area contributed by atoms with Crippen LogP contribution in [0, 0.1) is 0 Å². The number of hydrogen-bond donors (Lipinski definition) is 1.